The summed E-state index contributed by atoms with van der Waals surface area (Å²) >= 11 is 0. The Labute approximate surface area is 139 Å². The second-order valence-corrected chi connectivity index (χ2v) is 5.93. The summed E-state index contributed by atoms with van der Waals surface area (Å²) in [4.78, 5) is 22.8. The fourth-order valence-electron chi connectivity index (χ4n) is 2.98. The van der Waals surface area contributed by atoms with Crippen LogP contribution in [0.15, 0.2) is 48.5 Å². The van der Waals surface area contributed by atoms with Gasteiger partial charge in [-0.2, -0.15) is 0 Å². The lowest BCUT2D eigenvalue weighted by Gasteiger charge is -2.19. The van der Waals surface area contributed by atoms with Gasteiger partial charge in [-0.3, -0.25) is 4.79 Å². The molecule has 0 bridgehead atoms. The van der Waals surface area contributed by atoms with Crippen LogP contribution in [0.25, 0.3) is 11.1 Å². The van der Waals surface area contributed by atoms with E-state index in [-0.39, 0.29) is 12.5 Å². The van der Waals surface area contributed by atoms with Crippen molar-refractivity contribution in [1.29, 1.82) is 0 Å². The first kappa shape index (κ1) is 16.2. The minimum Gasteiger partial charge on any atom is -0.479 e. The normalized spacial score (nSPS) is 13.2. The molecule has 0 saturated carbocycles. The molecule has 0 aliphatic heterocycles. The zero-order valence-corrected chi connectivity index (χ0v) is 12.9. The summed E-state index contributed by atoms with van der Waals surface area (Å²) in [6.45, 7) is 0.114. The van der Waals surface area contributed by atoms with Gasteiger partial charge in [-0.05, 0) is 22.3 Å². The highest BCUT2D eigenvalue weighted by molar-refractivity contribution is 5.85. The number of rotatable bonds is 5. The zero-order chi connectivity index (χ0) is 17.3. The minimum atomic E-state index is -2.12. The largest absolute Gasteiger partial charge is 0.479 e. The number of aliphatic carboxylic acids is 1. The van der Waals surface area contributed by atoms with Crippen LogP contribution in [0.2, 0.25) is 0 Å². The van der Waals surface area contributed by atoms with E-state index in [1.807, 2.05) is 48.5 Å². The first-order chi connectivity index (χ1) is 11.4. The van der Waals surface area contributed by atoms with E-state index in [1.165, 1.54) is 0 Å². The summed E-state index contributed by atoms with van der Waals surface area (Å²) in [6.07, 6.45) is -0.585. The molecule has 24 heavy (non-hydrogen) atoms. The molecule has 2 aromatic carbocycles. The molecule has 0 radical (unpaired) electrons. The molecule has 3 rings (SSSR count). The first-order valence-electron chi connectivity index (χ1n) is 7.55. The van der Waals surface area contributed by atoms with Gasteiger partial charge in [-0.25, -0.2) is 4.79 Å². The van der Waals surface area contributed by atoms with Crippen molar-refractivity contribution in [3.63, 3.8) is 0 Å². The molecular formula is C18H18N2O4. The number of benzene rings is 2. The maximum absolute atomic E-state index is 11.9. The van der Waals surface area contributed by atoms with Gasteiger partial charge < -0.3 is 21.3 Å². The van der Waals surface area contributed by atoms with E-state index in [2.05, 4.69) is 0 Å². The van der Waals surface area contributed by atoms with Gasteiger partial charge in [0.25, 0.3) is 0 Å². The number of carbonyl (C=O) groups excluding carboxylic acids is 1. The van der Waals surface area contributed by atoms with Crippen LogP contribution in [-0.4, -0.2) is 29.3 Å². The Kier molecular flexibility index (Phi) is 4.09. The van der Waals surface area contributed by atoms with Gasteiger partial charge in [-0.1, -0.05) is 48.5 Å². The van der Waals surface area contributed by atoms with Crippen molar-refractivity contribution >= 4 is 11.9 Å². The number of fused-ring (bicyclic) bond motifs is 3. The van der Waals surface area contributed by atoms with Crippen LogP contribution in [0.3, 0.4) is 0 Å². The molecule has 0 aromatic heterocycles. The molecule has 0 amide bonds. The average molecular weight is 326 g/mol. The molecule has 124 valence electrons. The molecule has 0 unspecified atom stereocenters. The van der Waals surface area contributed by atoms with Crippen LogP contribution < -0.4 is 11.5 Å². The highest BCUT2D eigenvalue weighted by Gasteiger charge is 2.34. The van der Waals surface area contributed by atoms with E-state index in [1.54, 1.807) is 0 Å². The van der Waals surface area contributed by atoms with Gasteiger partial charge in [0.05, 0.1) is 6.42 Å². The third-order valence-electron chi connectivity index (χ3n) is 4.21. The van der Waals surface area contributed by atoms with E-state index in [9.17, 15) is 9.59 Å². The molecule has 0 saturated heterocycles. The third kappa shape index (κ3) is 2.89. The van der Waals surface area contributed by atoms with Gasteiger partial charge >= 0.3 is 11.9 Å². The van der Waals surface area contributed by atoms with Crippen molar-refractivity contribution in [2.75, 3.05) is 6.61 Å². The molecule has 0 atom stereocenters. The van der Waals surface area contributed by atoms with Crippen molar-refractivity contribution in [2.24, 2.45) is 11.5 Å². The number of carboxylic acid groups (broad SMARTS) is 1. The lowest BCUT2D eigenvalue weighted by molar-refractivity contribution is -0.152. The van der Waals surface area contributed by atoms with Crippen LogP contribution >= 0.6 is 0 Å². The molecule has 6 nitrogen and oxygen atoms in total. The number of hydrogen-bond donors (Lipinski definition) is 3. The maximum Gasteiger partial charge on any atom is 0.339 e. The highest BCUT2D eigenvalue weighted by atomic mass is 16.5. The molecular weight excluding hydrogens is 308 g/mol. The molecule has 1 aliphatic rings. The standard InChI is InChI=1S/C18H18N2O4/c19-18(20,17(22)23)9-16(21)24-10-15-13-7-3-1-5-11(13)12-6-2-4-8-14(12)15/h1-8,15H,9-10,19-20H2,(H,22,23). The summed E-state index contributed by atoms with van der Waals surface area (Å²) in [6, 6.07) is 15.9. The Morgan fingerprint density at radius 2 is 1.50 bits per heavy atom. The third-order valence-corrected chi connectivity index (χ3v) is 4.21. The SMILES string of the molecule is NC(N)(CC(=O)OCC1c2ccccc2-c2ccccc21)C(=O)O. The Bertz CT molecular complexity index is 756. The van der Waals surface area contributed by atoms with Crippen molar-refractivity contribution < 1.29 is 19.4 Å². The van der Waals surface area contributed by atoms with Gasteiger partial charge in [0, 0.05) is 5.92 Å². The van der Waals surface area contributed by atoms with Crippen molar-refractivity contribution in [3.8, 4) is 11.1 Å². The van der Waals surface area contributed by atoms with Crippen molar-refractivity contribution in [1.82, 2.24) is 0 Å². The van der Waals surface area contributed by atoms with Crippen LogP contribution in [0, 0.1) is 0 Å². The fourth-order valence-corrected chi connectivity index (χ4v) is 2.98. The van der Waals surface area contributed by atoms with Crippen molar-refractivity contribution in [2.45, 2.75) is 18.0 Å². The van der Waals surface area contributed by atoms with Crippen LogP contribution in [0.4, 0.5) is 0 Å². The Morgan fingerprint density at radius 3 is 2.00 bits per heavy atom. The molecule has 1 aliphatic carbocycles. The second kappa shape index (κ2) is 6.07. The summed E-state index contributed by atoms with van der Waals surface area (Å²) in [5, 5.41) is 8.87. The smallest absolute Gasteiger partial charge is 0.339 e. The predicted octanol–water partition coefficient (Wildman–Crippen LogP) is 1.43. The van der Waals surface area contributed by atoms with Crippen molar-refractivity contribution in [3.05, 3.63) is 59.7 Å². The molecule has 5 N–H and O–H groups in total. The maximum atomic E-state index is 11.9. The molecule has 0 fully saturated rings. The Hall–Kier alpha value is -2.70. The average Bonchev–Trinajstić information content (AvgIpc) is 2.86. The van der Waals surface area contributed by atoms with Gasteiger partial charge in [-0.15, -0.1) is 0 Å². The topological polar surface area (TPSA) is 116 Å². The number of carboxylic acids is 1. The van der Waals surface area contributed by atoms with E-state index in [4.69, 9.17) is 21.3 Å². The second-order valence-electron chi connectivity index (χ2n) is 5.93. The minimum absolute atomic E-state index is 0.0869. The highest BCUT2D eigenvalue weighted by Crippen LogP contribution is 2.44. The van der Waals surface area contributed by atoms with E-state index < -0.39 is 24.0 Å². The number of ether oxygens (including phenoxy) is 1. The molecule has 0 spiro atoms. The quantitative estimate of drug-likeness (QED) is 0.565. The fraction of sp³-hybridized carbons (Fsp3) is 0.222. The summed E-state index contributed by atoms with van der Waals surface area (Å²) in [5.74, 6) is -2.27. The zero-order valence-electron chi connectivity index (χ0n) is 12.9. The first-order valence-corrected chi connectivity index (χ1v) is 7.55. The Morgan fingerprint density at radius 1 is 1.00 bits per heavy atom. The van der Waals surface area contributed by atoms with Gasteiger partial charge in [0.2, 0.25) is 0 Å². The molecule has 6 heteroatoms. The summed E-state index contributed by atoms with van der Waals surface area (Å²) in [5.41, 5.74) is 13.0. The van der Waals surface area contributed by atoms with Gasteiger partial charge in [0.15, 0.2) is 5.66 Å². The van der Waals surface area contributed by atoms with E-state index in [0.717, 1.165) is 22.3 Å². The lowest BCUT2D eigenvalue weighted by Crippen LogP contribution is -2.57. The lowest BCUT2D eigenvalue weighted by atomic mass is 9.98. The molecule has 2 aromatic rings. The van der Waals surface area contributed by atoms with Gasteiger partial charge in [0.1, 0.15) is 6.61 Å². The van der Waals surface area contributed by atoms with E-state index >= 15 is 0 Å². The monoisotopic (exact) mass is 326 g/mol. The summed E-state index contributed by atoms with van der Waals surface area (Å²) in [7, 11) is 0. The Balaban J connectivity index is 1.76. The number of carbonyl (C=O) groups is 2. The predicted molar refractivity (Wildman–Crippen MR) is 88.0 cm³/mol. The van der Waals surface area contributed by atoms with E-state index in [0.29, 0.717) is 0 Å². The summed E-state index contributed by atoms with van der Waals surface area (Å²) < 4.78 is 5.26. The van der Waals surface area contributed by atoms with Crippen LogP contribution in [0.1, 0.15) is 23.5 Å². The number of hydrogen-bond acceptors (Lipinski definition) is 5. The number of esters is 1. The molecule has 0 heterocycles. The number of nitrogens with two attached hydrogens (primary N) is 2. The van der Waals surface area contributed by atoms with Crippen LogP contribution in [-0.2, 0) is 14.3 Å². The van der Waals surface area contributed by atoms with Crippen LogP contribution in [0.5, 0.6) is 0 Å².